The second-order valence-corrected chi connectivity index (χ2v) is 8.69. The average molecular weight is 464 g/mol. The highest BCUT2D eigenvalue weighted by Crippen LogP contribution is 2.44. The number of benzene rings is 2. The van der Waals surface area contributed by atoms with Crippen molar-refractivity contribution in [3.8, 4) is 5.75 Å². The van der Waals surface area contributed by atoms with E-state index in [2.05, 4.69) is 44.6 Å². The predicted molar refractivity (Wildman–Crippen MR) is 133 cm³/mol. The van der Waals surface area contributed by atoms with Gasteiger partial charge in [-0.15, -0.1) is 0 Å². The highest BCUT2D eigenvalue weighted by atomic mass is 19.1. The Bertz CT molecular complexity index is 1190. The molecule has 1 saturated heterocycles. The summed E-state index contributed by atoms with van der Waals surface area (Å²) in [7, 11) is 1.51. The molecule has 2 atom stereocenters. The number of hydrogen-bond acceptors (Lipinski definition) is 6. The zero-order valence-electron chi connectivity index (χ0n) is 19.7. The van der Waals surface area contributed by atoms with Crippen LogP contribution in [0.15, 0.2) is 48.8 Å². The van der Waals surface area contributed by atoms with Gasteiger partial charge in [0.25, 0.3) is 0 Å². The molecule has 1 aliphatic carbocycles. The molecule has 34 heavy (non-hydrogen) atoms. The monoisotopic (exact) mass is 463 g/mol. The molecule has 8 heteroatoms. The van der Waals surface area contributed by atoms with Crippen molar-refractivity contribution in [2.75, 3.05) is 37.4 Å². The number of amides is 1. The minimum absolute atomic E-state index is 0.268. The lowest BCUT2D eigenvalue weighted by atomic mass is 10.1. The number of carbonyl (C=O) groups excluding carboxylic acids is 1. The van der Waals surface area contributed by atoms with Gasteiger partial charge < -0.3 is 15.4 Å². The molecule has 5 rings (SSSR count). The van der Waals surface area contributed by atoms with Crippen LogP contribution in [0.2, 0.25) is 0 Å². The number of rotatable bonds is 7. The van der Waals surface area contributed by atoms with Gasteiger partial charge in [0.2, 0.25) is 6.41 Å². The predicted octanol–water partition coefficient (Wildman–Crippen LogP) is 4.91. The van der Waals surface area contributed by atoms with E-state index in [0.717, 1.165) is 11.8 Å². The van der Waals surface area contributed by atoms with Gasteiger partial charge in [-0.3, -0.25) is 9.69 Å². The van der Waals surface area contributed by atoms with Crippen molar-refractivity contribution >= 4 is 34.5 Å². The molecular weight excluding hydrogens is 433 g/mol. The maximum Gasteiger partial charge on any atom is 0.211 e. The summed E-state index contributed by atoms with van der Waals surface area (Å²) in [5.41, 5.74) is 2.39. The molecule has 2 fully saturated rings. The quantitative estimate of drug-likeness (QED) is 0.383. The number of ether oxygens (including phenoxy) is 1. The SMILES string of the molecule is C/C=C/CN1CC2CC2C1.COc1cc2ncnc(Nc3ccc(F)c(C)c3)c2cc1NC=O. The Morgan fingerprint density at radius 3 is 2.68 bits per heavy atom. The van der Waals surface area contributed by atoms with Crippen molar-refractivity contribution in [2.24, 2.45) is 11.8 Å². The third kappa shape index (κ3) is 5.51. The van der Waals surface area contributed by atoms with E-state index in [1.165, 1.54) is 45.6 Å². The number of hydrogen-bond donors (Lipinski definition) is 2. The van der Waals surface area contributed by atoms with Gasteiger partial charge in [-0.2, -0.15) is 0 Å². The smallest absolute Gasteiger partial charge is 0.211 e. The summed E-state index contributed by atoms with van der Waals surface area (Å²) in [6, 6.07) is 8.15. The highest BCUT2D eigenvalue weighted by molar-refractivity contribution is 5.96. The molecule has 7 nitrogen and oxygen atoms in total. The molecule has 0 bridgehead atoms. The fraction of sp³-hybridized carbons (Fsp3) is 0.346. The first-order valence-corrected chi connectivity index (χ1v) is 11.4. The molecule has 0 spiro atoms. The molecule has 2 aromatic carbocycles. The molecule has 3 aromatic rings. The number of halogens is 1. The van der Waals surface area contributed by atoms with Crippen LogP contribution in [-0.4, -0.2) is 48.0 Å². The Morgan fingerprint density at radius 1 is 1.21 bits per heavy atom. The third-order valence-electron chi connectivity index (χ3n) is 6.25. The lowest BCUT2D eigenvalue weighted by molar-refractivity contribution is -0.105. The summed E-state index contributed by atoms with van der Waals surface area (Å²) in [6.07, 6.45) is 7.91. The maximum atomic E-state index is 13.4. The number of nitrogens with one attached hydrogen (secondary N) is 2. The van der Waals surface area contributed by atoms with Crippen molar-refractivity contribution in [3.63, 3.8) is 0 Å². The largest absolute Gasteiger partial charge is 0.494 e. The van der Waals surface area contributed by atoms with Crippen LogP contribution in [0.3, 0.4) is 0 Å². The summed E-state index contributed by atoms with van der Waals surface area (Å²) >= 11 is 0. The number of aryl methyl sites for hydroxylation is 1. The van der Waals surface area contributed by atoms with E-state index < -0.39 is 0 Å². The Kier molecular flexibility index (Phi) is 7.37. The van der Waals surface area contributed by atoms with E-state index in [0.29, 0.717) is 45.8 Å². The third-order valence-corrected chi connectivity index (χ3v) is 6.25. The lowest BCUT2D eigenvalue weighted by Crippen LogP contribution is -2.22. The van der Waals surface area contributed by atoms with Gasteiger partial charge in [0.15, 0.2) is 0 Å². The fourth-order valence-corrected chi connectivity index (χ4v) is 4.29. The Labute approximate surface area is 199 Å². The Balaban J connectivity index is 0.000000226. The number of piperidine rings is 1. The molecular formula is C26H30FN5O2. The van der Waals surface area contributed by atoms with E-state index in [4.69, 9.17) is 4.74 Å². The summed E-state index contributed by atoms with van der Waals surface area (Å²) in [4.78, 5) is 21.8. The number of fused-ring (bicyclic) bond motifs is 2. The van der Waals surface area contributed by atoms with Crippen LogP contribution in [0.4, 0.5) is 21.6 Å². The normalized spacial score (nSPS) is 18.8. The van der Waals surface area contributed by atoms with Gasteiger partial charge >= 0.3 is 0 Å². The van der Waals surface area contributed by atoms with E-state index in [1.54, 1.807) is 31.2 Å². The molecule has 1 aromatic heterocycles. The molecule has 0 radical (unpaired) electrons. The van der Waals surface area contributed by atoms with Crippen molar-refractivity contribution in [3.05, 3.63) is 60.2 Å². The number of nitrogens with zero attached hydrogens (tertiary/aromatic N) is 3. The standard InChI is InChI=1S/C17H15FN4O2.C9H15N/c1-10-5-11(3-4-13(10)18)22-17-12-6-15(21-9-23)16(24-2)7-14(12)19-8-20-17;1-2-3-4-10-6-8-5-9(8)7-10/h3-9H,1-2H3,(H,21,23)(H,19,20,22);2-3,8-9H,4-7H2,1H3/b;3-2+. The molecule has 1 saturated carbocycles. The van der Waals surface area contributed by atoms with Crippen LogP contribution in [0, 0.1) is 24.6 Å². The second-order valence-electron chi connectivity index (χ2n) is 8.69. The first-order valence-electron chi connectivity index (χ1n) is 11.4. The van der Waals surface area contributed by atoms with Gasteiger partial charge in [0.05, 0.1) is 18.3 Å². The van der Waals surface area contributed by atoms with Crippen molar-refractivity contribution in [1.82, 2.24) is 14.9 Å². The molecule has 2 aliphatic rings. The number of anilines is 3. The Hall–Kier alpha value is -3.52. The molecule has 1 amide bonds. The van der Waals surface area contributed by atoms with Crippen LogP contribution >= 0.6 is 0 Å². The number of allylic oxidation sites excluding steroid dienone is 1. The molecule has 178 valence electrons. The first-order chi connectivity index (χ1) is 16.5. The minimum Gasteiger partial charge on any atom is -0.494 e. The topological polar surface area (TPSA) is 79.4 Å². The molecule has 2 heterocycles. The van der Waals surface area contributed by atoms with Crippen LogP contribution in [-0.2, 0) is 4.79 Å². The summed E-state index contributed by atoms with van der Waals surface area (Å²) < 4.78 is 18.7. The summed E-state index contributed by atoms with van der Waals surface area (Å²) in [6.45, 7) is 7.71. The van der Waals surface area contributed by atoms with Crippen molar-refractivity contribution < 1.29 is 13.9 Å². The summed E-state index contributed by atoms with van der Waals surface area (Å²) in [5.74, 6) is 2.95. The highest BCUT2D eigenvalue weighted by Gasteiger charge is 2.44. The van der Waals surface area contributed by atoms with E-state index >= 15 is 0 Å². The second kappa shape index (κ2) is 10.6. The molecule has 2 N–H and O–H groups in total. The zero-order chi connectivity index (χ0) is 24.1. The van der Waals surface area contributed by atoms with E-state index in [9.17, 15) is 9.18 Å². The molecule has 2 unspecified atom stereocenters. The van der Waals surface area contributed by atoms with Crippen LogP contribution in [0.5, 0.6) is 5.75 Å². The van der Waals surface area contributed by atoms with Gasteiger partial charge in [0.1, 0.15) is 23.7 Å². The van der Waals surface area contributed by atoms with Gasteiger partial charge in [-0.25, -0.2) is 14.4 Å². The lowest BCUT2D eigenvalue weighted by Gasteiger charge is -2.13. The van der Waals surface area contributed by atoms with Crippen LogP contribution in [0.1, 0.15) is 18.9 Å². The fourth-order valence-electron chi connectivity index (χ4n) is 4.29. The van der Waals surface area contributed by atoms with E-state index in [1.807, 2.05) is 0 Å². The Morgan fingerprint density at radius 2 is 2.00 bits per heavy atom. The van der Waals surface area contributed by atoms with Gasteiger partial charge in [-0.05, 0) is 61.9 Å². The number of likely N-dealkylation sites (tertiary alicyclic amines) is 1. The number of carbonyl (C=O) groups is 1. The summed E-state index contributed by atoms with van der Waals surface area (Å²) in [5, 5.41) is 6.43. The maximum absolute atomic E-state index is 13.4. The zero-order valence-corrected chi connectivity index (χ0v) is 19.7. The number of aromatic nitrogens is 2. The van der Waals surface area contributed by atoms with Crippen LogP contribution < -0.4 is 15.4 Å². The molecule has 1 aliphatic heterocycles. The van der Waals surface area contributed by atoms with Gasteiger partial charge in [0, 0.05) is 36.8 Å². The van der Waals surface area contributed by atoms with Gasteiger partial charge in [-0.1, -0.05) is 12.2 Å². The average Bonchev–Trinajstić information content (AvgIpc) is 3.45. The minimum atomic E-state index is -0.268. The van der Waals surface area contributed by atoms with Crippen LogP contribution in [0.25, 0.3) is 10.9 Å². The van der Waals surface area contributed by atoms with Crippen molar-refractivity contribution in [2.45, 2.75) is 20.3 Å². The van der Waals surface area contributed by atoms with E-state index in [-0.39, 0.29) is 5.82 Å². The number of methoxy groups -OCH3 is 1. The first kappa shape index (κ1) is 23.6. The van der Waals surface area contributed by atoms with Crippen molar-refractivity contribution in [1.29, 1.82) is 0 Å².